The van der Waals surface area contributed by atoms with Crippen molar-refractivity contribution in [2.24, 2.45) is 0 Å². The Morgan fingerprint density at radius 3 is 3.06 bits per heavy atom. The normalized spacial score (nSPS) is 14.1. The van der Waals surface area contributed by atoms with Crippen molar-refractivity contribution in [2.45, 2.75) is 25.3 Å². The second-order valence-electron chi connectivity index (χ2n) is 4.11. The maximum Gasteiger partial charge on any atom is 0.132 e. The van der Waals surface area contributed by atoms with Crippen LogP contribution in [0.2, 0.25) is 0 Å². The summed E-state index contributed by atoms with van der Waals surface area (Å²) in [5.41, 5.74) is 0.807. The molecule has 17 heavy (non-hydrogen) atoms. The van der Waals surface area contributed by atoms with Gasteiger partial charge in [-0.2, -0.15) is 0 Å². The summed E-state index contributed by atoms with van der Waals surface area (Å²) in [4.78, 5) is 12.7. The van der Waals surface area contributed by atoms with E-state index in [1.807, 2.05) is 16.8 Å². The first-order chi connectivity index (χ1) is 8.42. The van der Waals surface area contributed by atoms with Crippen LogP contribution in [0.5, 0.6) is 0 Å². The third-order valence-electron chi connectivity index (χ3n) is 2.65. The van der Waals surface area contributed by atoms with Crippen molar-refractivity contribution in [1.82, 2.24) is 19.5 Å². The van der Waals surface area contributed by atoms with Crippen LogP contribution < -0.4 is 0 Å². The predicted octanol–water partition coefficient (Wildman–Crippen LogP) is 1.60. The fourth-order valence-corrected chi connectivity index (χ4v) is 1.58. The monoisotopic (exact) mass is 224 g/mol. The Morgan fingerprint density at radius 2 is 2.29 bits per heavy atom. The van der Waals surface area contributed by atoms with Crippen LogP contribution in [-0.4, -0.2) is 19.5 Å². The van der Waals surface area contributed by atoms with Gasteiger partial charge in [0.15, 0.2) is 0 Å². The van der Waals surface area contributed by atoms with Crippen LogP contribution in [0, 0.1) is 11.8 Å². The molecule has 0 radical (unpaired) electrons. The molecule has 4 heteroatoms. The highest BCUT2D eigenvalue weighted by Crippen LogP contribution is 2.37. The fourth-order valence-electron chi connectivity index (χ4n) is 1.58. The molecule has 2 heterocycles. The summed E-state index contributed by atoms with van der Waals surface area (Å²) in [6, 6.07) is 1.85. The summed E-state index contributed by atoms with van der Waals surface area (Å²) >= 11 is 0. The Balaban J connectivity index is 1.71. The minimum Gasteiger partial charge on any atom is -0.326 e. The molecular formula is C13H12N4. The second-order valence-corrected chi connectivity index (χ2v) is 4.11. The van der Waals surface area contributed by atoms with Crippen molar-refractivity contribution in [3.8, 4) is 11.8 Å². The van der Waals surface area contributed by atoms with Crippen molar-refractivity contribution in [1.29, 1.82) is 0 Å². The van der Waals surface area contributed by atoms with Gasteiger partial charge in [-0.1, -0.05) is 5.92 Å². The van der Waals surface area contributed by atoms with Crippen LogP contribution in [0.4, 0.5) is 0 Å². The first-order valence-corrected chi connectivity index (χ1v) is 5.69. The van der Waals surface area contributed by atoms with Crippen LogP contribution in [0.1, 0.15) is 30.3 Å². The van der Waals surface area contributed by atoms with Gasteiger partial charge in [0, 0.05) is 24.5 Å². The zero-order valence-corrected chi connectivity index (χ0v) is 9.37. The molecular weight excluding hydrogens is 212 g/mol. The van der Waals surface area contributed by atoms with Gasteiger partial charge in [0.1, 0.15) is 11.5 Å². The molecule has 84 valence electrons. The summed E-state index contributed by atoms with van der Waals surface area (Å²) in [6.45, 7) is 0.642. The van der Waals surface area contributed by atoms with Gasteiger partial charge in [0.2, 0.25) is 0 Å². The van der Waals surface area contributed by atoms with E-state index in [0.717, 1.165) is 11.5 Å². The van der Waals surface area contributed by atoms with Crippen LogP contribution in [0.25, 0.3) is 0 Å². The zero-order chi connectivity index (χ0) is 11.5. The van der Waals surface area contributed by atoms with Crippen LogP contribution >= 0.6 is 0 Å². The van der Waals surface area contributed by atoms with Gasteiger partial charge in [-0.3, -0.25) is 0 Å². The molecule has 0 amide bonds. The second kappa shape index (κ2) is 4.38. The lowest BCUT2D eigenvalue weighted by Crippen LogP contribution is -1.94. The molecule has 0 atom stereocenters. The Hall–Kier alpha value is -2.15. The molecule has 0 aromatic carbocycles. The van der Waals surface area contributed by atoms with Crippen LogP contribution in [0.15, 0.2) is 31.0 Å². The van der Waals surface area contributed by atoms with Crippen molar-refractivity contribution in [3.63, 3.8) is 0 Å². The van der Waals surface area contributed by atoms with E-state index >= 15 is 0 Å². The minimum atomic E-state index is 0.574. The number of aromatic nitrogens is 4. The number of rotatable bonds is 2. The van der Waals surface area contributed by atoms with Crippen LogP contribution in [0.3, 0.4) is 0 Å². The Labute approximate surface area is 99.7 Å². The number of nitrogens with zero attached hydrogens (tertiary/aromatic N) is 4. The highest BCUT2D eigenvalue weighted by atomic mass is 15.0. The van der Waals surface area contributed by atoms with Gasteiger partial charge in [0.25, 0.3) is 0 Å². The highest BCUT2D eigenvalue weighted by molar-refractivity contribution is 5.27. The zero-order valence-electron chi connectivity index (χ0n) is 9.37. The summed E-state index contributed by atoms with van der Waals surface area (Å²) in [6.07, 6.45) is 9.62. The lowest BCUT2D eigenvalue weighted by molar-refractivity contribution is 0.839. The average Bonchev–Trinajstić information content (AvgIpc) is 3.09. The summed E-state index contributed by atoms with van der Waals surface area (Å²) in [5, 5.41) is 0. The van der Waals surface area contributed by atoms with E-state index in [1.54, 1.807) is 18.7 Å². The molecule has 0 bridgehead atoms. The molecule has 1 aliphatic carbocycles. The molecule has 0 N–H and O–H groups in total. The van der Waals surface area contributed by atoms with Crippen molar-refractivity contribution in [3.05, 3.63) is 42.5 Å². The standard InChI is InChI=1S/C13H12N4/c1(8-17-9-7-14-10-17)2-12-5-6-15-13(16-12)11-3-4-11/h5-7,9-11H,3-4,8H2. The number of imidazole rings is 1. The molecule has 3 rings (SSSR count). The van der Waals surface area contributed by atoms with Gasteiger partial charge in [-0.25, -0.2) is 15.0 Å². The van der Waals surface area contributed by atoms with Gasteiger partial charge < -0.3 is 4.57 Å². The number of hydrogen-bond donors (Lipinski definition) is 0. The van der Waals surface area contributed by atoms with Crippen molar-refractivity contribution in [2.75, 3.05) is 0 Å². The molecule has 0 spiro atoms. The third-order valence-corrected chi connectivity index (χ3v) is 2.65. The van der Waals surface area contributed by atoms with E-state index in [1.165, 1.54) is 12.8 Å². The van der Waals surface area contributed by atoms with E-state index < -0.39 is 0 Å². The van der Waals surface area contributed by atoms with Crippen molar-refractivity contribution < 1.29 is 0 Å². The summed E-state index contributed by atoms with van der Waals surface area (Å²) in [7, 11) is 0. The third kappa shape index (κ3) is 2.51. The SMILES string of the molecule is C(#Cc1ccnc(C2CC2)n1)Cn1ccnc1. The lowest BCUT2D eigenvalue weighted by Gasteiger charge is -1.95. The van der Waals surface area contributed by atoms with Gasteiger partial charge >= 0.3 is 0 Å². The van der Waals surface area contributed by atoms with Crippen molar-refractivity contribution >= 4 is 0 Å². The first kappa shape index (κ1) is 10.0. The first-order valence-electron chi connectivity index (χ1n) is 5.69. The molecule has 0 aliphatic heterocycles. The maximum absolute atomic E-state index is 4.44. The largest absolute Gasteiger partial charge is 0.326 e. The molecule has 2 aromatic rings. The molecule has 0 saturated heterocycles. The maximum atomic E-state index is 4.44. The summed E-state index contributed by atoms with van der Waals surface area (Å²) < 4.78 is 1.93. The number of hydrogen-bond acceptors (Lipinski definition) is 3. The van der Waals surface area contributed by atoms with Gasteiger partial charge in [0.05, 0.1) is 12.9 Å². The lowest BCUT2D eigenvalue weighted by atomic mass is 10.3. The quantitative estimate of drug-likeness (QED) is 0.728. The fraction of sp³-hybridized carbons (Fsp3) is 0.308. The Bertz CT molecular complexity index is 559. The minimum absolute atomic E-state index is 0.574. The van der Waals surface area contributed by atoms with E-state index in [9.17, 15) is 0 Å². The molecule has 1 fully saturated rings. The Kier molecular flexibility index (Phi) is 2.59. The Morgan fingerprint density at radius 1 is 1.35 bits per heavy atom. The highest BCUT2D eigenvalue weighted by Gasteiger charge is 2.26. The van der Waals surface area contributed by atoms with E-state index in [-0.39, 0.29) is 0 Å². The average molecular weight is 224 g/mol. The van der Waals surface area contributed by atoms with Crippen LogP contribution in [-0.2, 0) is 6.54 Å². The summed E-state index contributed by atoms with van der Waals surface area (Å²) in [5.74, 6) is 7.65. The van der Waals surface area contributed by atoms with Gasteiger partial charge in [-0.15, -0.1) is 0 Å². The van der Waals surface area contributed by atoms with E-state index in [0.29, 0.717) is 12.5 Å². The molecule has 1 saturated carbocycles. The van der Waals surface area contributed by atoms with E-state index in [2.05, 4.69) is 26.8 Å². The predicted molar refractivity (Wildman–Crippen MR) is 63.1 cm³/mol. The van der Waals surface area contributed by atoms with E-state index in [4.69, 9.17) is 0 Å². The van der Waals surface area contributed by atoms with Gasteiger partial charge in [-0.05, 0) is 24.8 Å². The molecule has 1 aliphatic rings. The molecule has 2 aromatic heterocycles. The molecule has 0 unspecified atom stereocenters. The molecule has 4 nitrogen and oxygen atoms in total. The topological polar surface area (TPSA) is 43.6 Å². The smallest absolute Gasteiger partial charge is 0.132 e.